The van der Waals surface area contributed by atoms with Crippen LogP contribution >= 0.6 is 24.0 Å². The van der Waals surface area contributed by atoms with Crippen molar-refractivity contribution in [3.8, 4) is 0 Å². The van der Waals surface area contributed by atoms with E-state index in [-0.39, 0.29) is 17.5 Å². The number of piperazine rings is 1. The normalized spacial score (nSPS) is 19.0. The van der Waals surface area contributed by atoms with Crippen LogP contribution in [-0.4, -0.2) is 62.1 Å². The molecule has 2 saturated heterocycles. The monoisotopic (exact) mass is 519 g/mol. The molecule has 1 amide bonds. The highest BCUT2D eigenvalue weighted by Crippen LogP contribution is 2.38. The lowest BCUT2D eigenvalue weighted by Crippen LogP contribution is -2.47. The third-order valence-corrected chi connectivity index (χ3v) is 8.28. The Morgan fingerprint density at radius 3 is 2.50 bits per heavy atom. The Morgan fingerprint density at radius 2 is 1.81 bits per heavy atom. The Bertz CT molecular complexity index is 1410. The van der Waals surface area contributed by atoms with Crippen molar-refractivity contribution < 1.29 is 4.79 Å². The van der Waals surface area contributed by atoms with Crippen LogP contribution in [0.3, 0.4) is 0 Å². The molecule has 5 rings (SSSR count). The smallest absolute Gasteiger partial charge is 0.267 e. The summed E-state index contributed by atoms with van der Waals surface area (Å²) in [5, 5.41) is 0. The summed E-state index contributed by atoms with van der Waals surface area (Å²) in [5.41, 5.74) is 2.82. The molecule has 2 aromatic heterocycles. The number of pyridine rings is 1. The van der Waals surface area contributed by atoms with Gasteiger partial charge in [0.1, 0.15) is 15.8 Å². The Kier molecular flexibility index (Phi) is 6.96. The third-order valence-electron chi connectivity index (χ3n) is 6.95. The molecule has 2 fully saturated rings. The second-order valence-corrected chi connectivity index (χ2v) is 10.8. The van der Waals surface area contributed by atoms with E-state index in [2.05, 4.69) is 16.7 Å². The minimum atomic E-state index is -0.204. The highest BCUT2D eigenvalue weighted by atomic mass is 32.2. The molecule has 0 N–H and O–H groups in total. The molecule has 36 heavy (non-hydrogen) atoms. The van der Waals surface area contributed by atoms with Crippen molar-refractivity contribution >= 4 is 51.7 Å². The first kappa shape index (κ1) is 24.7. The number of anilines is 1. The van der Waals surface area contributed by atoms with Gasteiger partial charge in [0.15, 0.2) is 0 Å². The molecule has 186 valence electrons. The van der Waals surface area contributed by atoms with Gasteiger partial charge in [-0.3, -0.25) is 18.9 Å². The minimum Gasteiger partial charge on any atom is -0.353 e. The molecule has 2 aliphatic heterocycles. The van der Waals surface area contributed by atoms with Crippen LogP contribution < -0.4 is 10.5 Å². The van der Waals surface area contributed by atoms with Crippen molar-refractivity contribution in [3.63, 3.8) is 0 Å². The SMILES string of the molecule is CCN1CCN(c2nc3c(C)cccn3c(=O)c2/C=C2\SC(=S)N(C(C)c3ccccc3)C2=O)CC1. The Hall–Kier alpha value is -3.01. The van der Waals surface area contributed by atoms with E-state index in [1.165, 1.54) is 11.8 Å². The summed E-state index contributed by atoms with van der Waals surface area (Å²) in [5.74, 6) is 0.447. The molecule has 1 atom stereocenters. The number of carbonyl (C=O) groups excluding carboxylic acids is 1. The van der Waals surface area contributed by atoms with Gasteiger partial charge in [0, 0.05) is 32.4 Å². The summed E-state index contributed by atoms with van der Waals surface area (Å²) < 4.78 is 2.06. The largest absolute Gasteiger partial charge is 0.353 e. The number of hydrogen-bond donors (Lipinski definition) is 0. The van der Waals surface area contributed by atoms with Crippen LogP contribution in [-0.2, 0) is 4.79 Å². The number of aryl methyl sites for hydroxylation is 1. The Labute approximate surface area is 220 Å². The molecule has 1 aromatic carbocycles. The molecule has 4 heterocycles. The highest BCUT2D eigenvalue weighted by molar-refractivity contribution is 8.26. The van der Waals surface area contributed by atoms with E-state index in [0.29, 0.717) is 26.3 Å². The van der Waals surface area contributed by atoms with Crippen molar-refractivity contribution in [1.29, 1.82) is 0 Å². The first-order chi connectivity index (χ1) is 17.4. The predicted molar refractivity (Wildman–Crippen MR) is 150 cm³/mol. The third kappa shape index (κ3) is 4.47. The molecule has 0 aliphatic carbocycles. The van der Waals surface area contributed by atoms with Gasteiger partial charge in [-0.15, -0.1) is 0 Å². The van der Waals surface area contributed by atoms with Gasteiger partial charge in [-0.25, -0.2) is 4.98 Å². The van der Waals surface area contributed by atoms with E-state index < -0.39 is 0 Å². The Balaban J connectivity index is 1.58. The maximum Gasteiger partial charge on any atom is 0.267 e. The van der Waals surface area contributed by atoms with Crippen molar-refractivity contribution in [2.75, 3.05) is 37.6 Å². The first-order valence-corrected chi connectivity index (χ1v) is 13.4. The number of carbonyl (C=O) groups is 1. The van der Waals surface area contributed by atoms with Gasteiger partial charge in [0.2, 0.25) is 0 Å². The maximum absolute atomic E-state index is 13.8. The van der Waals surface area contributed by atoms with Crippen LogP contribution in [0.1, 0.15) is 36.6 Å². The molecule has 0 bridgehead atoms. The van der Waals surface area contributed by atoms with Crippen molar-refractivity contribution in [1.82, 2.24) is 19.2 Å². The lowest BCUT2D eigenvalue weighted by molar-refractivity contribution is -0.123. The molecule has 3 aromatic rings. The number of aromatic nitrogens is 2. The molecule has 2 aliphatic rings. The Morgan fingerprint density at radius 1 is 1.08 bits per heavy atom. The van der Waals surface area contributed by atoms with Crippen molar-refractivity contribution in [2.24, 2.45) is 0 Å². The fourth-order valence-corrected chi connectivity index (χ4v) is 6.17. The number of thiocarbonyl (C=S) groups is 1. The quantitative estimate of drug-likeness (QED) is 0.371. The molecule has 7 nitrogen and oxygen atoms in total. The molecule has 0 spiro atoms. The summed E-state index contributed by atoms with van der Waals surface area (Å²) >= 11 is 6.85. The zero-order valence-electron chi connectivity index (χ0n) is 20.7. The first-order valence-electron chi connectivity index (χ1n) is 12.2. The van der Waals surface area contributed by atoms with Gasteiger partial charge < -0.3 is 9.80 Å². The van der Waals surface area contributed by atoms with Crippen molar-refractivity contribution in [3.05, 3.63) is 80.6 Å². The van der Waals surface area contributed by atoms with Gasteiger partial charge >= 0.3 is 0 Å². The maximum atomic E-state index is 13.8. The average Bonchev–Trinajstić information content (AvgIpc) is 3.18. The molecular formula is C27H29N5O2S2. The summed E-state index contributed by atoms with van der Waals surface area (Å²) in [6, 6.07) is 13.4. The van der Waals surface area contributed by atoms with Crippen LogP contribution in [0.25, 0.3) is 11.7 Å². The molecule has 0 saturated carbocycles. The van der Waals surface area contributed by atoms with Crippen molar-refractivity contribution in [2.45, 2.75) is 26.8 Å². The van der Waals surface area contributed by atoms with Crippen LogP contribution in [0, 0.1) is 6.92 Å². The number of thioether (sulfide) groups is 1. The van der Waals surface area contributed by atoms with Crippen LogP contribution in [0.15, 0.2) is 58.4 Å². The standard InChI is InChI=1S/C27H29N5O2S2/c1-4-29-13-15-30(16-14-29)24-21(25(33)31-12-8-9-18(2)23(31)28-24)17-22-26(34)32(27(35)36-22)19(3)20-10-6-5-7-11-20/h5-12,17,19H,4,13-16H2,1-3H3/b22-17-. The summed E-state index contributed by atoms with van der Waals surface area (Å²) in [7, 11) is 0. The fraction of sp³-hybridized carbons (Fsp3) is 0.333. The number of fused-ring (bicyclic) bond motifs is 1. The summed E-state index contributed by atoms with van der Waals surface area (Å²) in [4.78, 5) is 38.9. The van der Waals surface area contributed by atoms with Gasteiger partial charge in [-0.1, -0.05) is 67.3 Å². The molecule has 0 radical (unpaired) electrons. The van der Waals surface area contributed by atoms with Crippen LogP contribution in [0.2, 0.25) is 0 Å². The van der Waals surface area contributed by atoms with E-state index in [0.717, 1.165) is 43.9 Å². The number of benzene rings is 1. The topological polar surface area (TPSA) is 61.2 Å². The summed E-state index contributed by atoms with van der Waals surface area (Å²) in [6.45, 7) is 10.4. The van der Waals surface area contributed by atoms with Gasteiger partial charge in [0.25, 0.3) is 11.5 Å². The van der Waals surface area contributed by atoms with E-state index in [9.17, 15) is 9.59 Å². The highest BCUT2D eigenvalue weighted by Gasteiger charge is 2.36. The number of likely N-dealkylation sites (N-methyl/N-ethyl adjacent to an activating group) is 1. The number of amides is 1. The predicted octanol–water partition coefficient (Wildman–Crippen LogP) is 4.11. The van der Waals surface area contributed by atoms with Crippen LogP contribution in [0.4, 0.5) is 5.82 Å². The average molecular weight is 520 g/mol. The van der Waals surface area contributed by atoms with Crippen LogP contribution in [0.5, 0.6) is 0 Å². The lowest BCUT2D eigenvalue weighted by Gasteiger charge is -2.35. The second-order valence-electron chi connectivity index (χ2n) is 9.10. The lowest BCUT2D eigenvalue weighted by atomic mass is 10.1. The summed E-state index contributed by atoms with van der Waals surface area (Å²) in [6.07, 6.45) is 3.43. The fourth-order valence-electron chi connectivity index (χ4n) is 4.77. The number of rotatable bonds is 5. The van der Waals surface area contributed by atoms with E-state index in [1.807, 2.05) is 56.3 Å². The van der Waals surface area contributed by atoms with E-state index >= 15 is 0 Å². The molecular weight excluding hydrogens is 490 g/mol. The van der Waals surface area contributed by atoms with Gasteiger partial charge in [0.05, 0.1) is 16.5 Å². The zero-order valence-corrected chi connectivity index (χ0v) is 22.3. The zero-order chi connectivity index (χ0) is 25.4. The second kappa shape index (κ2) is 10.2. The van der Waals surface area contributed by atoms with Gasteiger partial charge in [-0.2, -0.15) is 0 Å². The molecule has 1 unspecified atom stereocenters. The molecule has 9 heteroatoms. The van der Waals surface area contributed by atoms with Gasteiger partial charge in [-0.05, 0) is 43.7 Å². The van der Waals surface area contributed by atoms with E-state index in [1.54, 1.807) is 21.6 Å². The van der Waals surface area contributed by atoms with E-state index in [4.69, 9.17) is 17.2 Å². The number of hydrogen-bond acceptors (Lipinski definition) is 7. The number of nitrogens with zero attached hydrogens (tertiary/aromatic N) is 5. The minimum absolute atomic E-state index is 0.182.